The third kappa shape index (κ3) is 1.52. The molecule has 2 aliphatic rings. The molecule has 2 nitrogen and oxygen atoms in total. The van der Waals surface area contributed by atoms with Gasteiger partial charge < -0.3 is 5.32 Å². The maximum absolute atomic E-state index is 11.0. The van der Waals surface area contributed by atoms with Crippen molar-refractivity contribution >= 4 is 12.0 Å². The molecule has 0 bridgehead atoms. The Morgan fingerprint density at radius 3 is 3.00 bits per heavy atom. The van der Waals surface area contributed by atoms with Crippen LogP contribution in [0.25, 0.3) is 0 Å². The fraction of sp³-hybridized carbons (Fsp3) is 0.267. The van der Waals surface area contributed by atoms with E-state index in [1.807, 2.05) is 24.3 Å². The van der Waals surface area contributed by atoms with E-state index < -0.39 is 0 Å². The molecule has 2 atom stereocenters. The van der Waals surface area contributed by atoms with Crippen LogP contribution >= 0.6 is 0 Å². The Hall–Kier alpha value is -1.83. The summed E-state index contributed by atoms with van der Waals surface area (Å²) < 4.78 is 0. The van der Waals surface area contributed by atoms with Gasteiger partial charge in [-0.15, -0.1) is 0 Å². The van der Waals surface area contributed by atoms with Crippen LogP contribution < -0.4 is 5.32 Å². The molecule has 0 heterocycles. The van der Waals surface area contributed by atoms with Gasteiger partial charge in [0.25, 0.3) is 0 Å². The molecule has 3 rings (SSSR count). The van der Waals surface area contributed by atoms with Gasteiger partial charge in [-0.3, -0.25) is 4.79 Å². The van der Waals surface area contributed by atoms with E-state index in [1.165, 1.54) is 5.57 Å². The molecule has 1 saturated carbocycles. The Kier molecular flexibility index (Phi) is 2.18. The first-order valence-electron chi connectivity index (χ1n) is 5.94. The number of allylic oxidation sites excluding steroid dienone is 2. The molecule has 1 fully saturated rings. The summed E-state index contributed by atoms with van der Waals surface area (Å²) in [5.41, 5.74) is 3.09. The van der Waals surface area contributed by atoms with Crippen LogP contribution in [0.3, 0.4) is 0 Å². The summed E-state index contributed by atoms with van der Waals surface area (Å²) >= 11 is 0. The van der Waals surface area contributed by atoms with Crippen LogP contribution in [0.5, 0.6) is 0 Å². The molecule has 2 unspecified atom stereocenters. The van der Waals surface area contributed by atoms with Gasteiger partial charge >= 0.3 is 0 Å². The van der Waals surface area contributed by atoms with Crippen LogP contribution in [0.1, 0.15) is 23.7 Å². The first kappa shape index (κ1) is 10.3. The average molecular weight is 225 g/mol. The second-order valence-corrected chi connectivity index (χ2v) is 4.85. The van der Waals surface area contributed by atoms with E-state index in [2.05, 4.69) is 30.5 Å². The van der Waals surface area contributed by atoms with Crippen LogP contribution in [-0.2, 0) is 0 Å². The molecule has 1 aromatic rings. The topological polar surface area (TPSA) is 29.1 Å². The van der Waals surface area contributed by atoms with Gasteiger partial charge in [0.05, 0.1) is 5.54 Å². The van der Waals surface area contributed by atoms with Gasteiger partial charge in [-0.2, -0.15) is 0 Å². The van der Waals surface area contributed by atoms with Gasteiger partial charge in [0.2, 0.25) is 0 Å². The summed E-state index contributed by atoms with van der Waals surface area (Å²) in [5.74, 6) is 0.576. The lowest BCUT2D eigenvalue weighted by Gasteiger charge is -2.23. The van der Waals surface area contributed by atoms with Crippen LogP contribution in [-0.4, -0.2) is 11.8 Å². The van der Waals surface area contributed by atoms with E-state index in [1.54, 1.807) is 0 Å². The molecule has 1 aromatic carbocycles. The van der Waals surface area contributed by atoms with Gasteiger partial charge in [-0.1, -0.05) is 30.4 Å². The Morgan fingerprint density at radius 2 is 2.24 bits per heavy atom. The molecular weight excluding hydrogens is 210 g/mol. The van der Waals surface area contributed by atoms with E-state index in [0.29, 0.717) is 5.92 Å². The van der Waals surface area contributed by atoms with Gasteiger partial charge in [0, 0.05) is 17.2 Å². The number of hydrogen-bond acceptors (Lipinski definition) is 2. The quantitative estimate of drug-likeness (QED) is 0.800. The second-order valence-electron chi connectivity index (χ2n) is 4.85. The normalized spacial score (nSPS) is 29.2. The number of fused-ring (bicyclic) bond motifs is 1. The highest BCUT2D eigenvalue weighted by atomic mass is 16.1. The highest BCUT2D eigenvalue weighted by Crippen LogP contribution is 2.53. The monoisotopic (exact) mass is 225 g/mol. The molecule has 86 valence electrons. The summed E-state index contributed by atoms with van der Waals surface area (Å²) in [6, 6.07) is 7.67. The molecule has 17 heavy (non-hydrogen) atoms. The minimum atomic E-state index is 0.0634. The van der Waals surface area contributed by atoms with Crippen molar-refractivity contribution in [3.8, 4) is 0 Å². The minimum absolute atomic E-state index is 0.0634. The van der Waals surface area contributed by atoms with E-state index in [-0.39, 0.29) is 5.54 Å². The van der Waals surface area contributed by atoms with Crippen molar-refractivity contribution in [1.29, 1.82) is 0 Å². The number of rotatable bonds is 3. The third-order valence-electron chi connectivity index (χ3n) is 3.85. The van der Waals surface area contributed by atoms with Crippen molar-refractivity contribution < 1.29 is 4.79 Å². The number of benzene rings is 1. The molecular formula is C15H15NO. The van der Waals surface area contributed by atoms with Crippen molar-refractivity contribution in [2.75, 3.05) is 5.32 Å². The molecule has 0 amide bonds. The lowest BCUT2D eigenvalue weighted by molar-refractivity contribution is 0.112. The Bertz CT molecular complexity index is 529. The number of anilines is 1. The number of nitrogens with one attached hydrogen (secondary N) is 1. The highest BCUT2D eigenvalue weighted by molar-refractivity contribution is 5.84. The summed E-state index contributed by atoms with van der Waals surface area (Å²) in [6.07, 6.45) is 8.55. The van der Waals surface area contributed by atoms with Gasteiger partial charge in [0.15, 0.2) is 6.29 Å². The fourth-order valence-electron chi connectivity index (χ4n) is 2.65. The van der Waals surface area contributed by atoms with Crippen molar-refractivity contribution in [3.05, 3.63) is 53.6 Å². The minimum Gasteiger partial charge on any atom is -0.375 e. The third-order valence-corrected chi connectivity index (χ3v) is 3.85. The summed E-state index contributed by atoms with van der Waals surface area (Å²) in [5, 5.41) is 3.55. The maximum Gasteiger partial charge on any atom is 0.152 e. The highest BCUT2D eigenvalue weighted by Gasteiger charge is 2.54. The molecule has 1 N–H and O–H groups in total. The van der Waals surface area contributed by atoms with Crippen LogP contribution in [0, 0.1) is 5.92 Å². The maximum atomic E-state index is 11.0. The molecule has 0 aliphatic heterocycles. The summed E-state index contributed by atoms with van der Waals surface area (Å²) in [4.78, 5) is 11.0. The lowest BCUT2D eigenvalue weighted by atomic mass is 9.98. The zero-order chi connectivity index (χ0) is 11.9. The van der Waals surface area contributed by atoms with Gasteiger partial charge in [-0.25, -0.2) is 0 Å². The zero-order valence-electron chi connectivity index (χ0n) is 9.81. The molecule has 2 heteroatoms. The Balaban J connectivity index is 1.92. The number of para-hydroxylation sites is 1. The van der Waals surface area contributed by atoms with E-state index in [9.17, 15) is 4.79 Å². The fourth-order valence-corrected chi connectivity index (χ4v) is 2.65. The van der Waals surface area contributed by atoms with Gasteiger partial charge in [0.1, 0.15) is 0 Å². The van der Waals surface area contributed by atoms with E-state index in [0.717, 1.165) is 24.0 Å². The zero-order valence-corrected chi connectivity index (χ0v) is 9.81. The first-order chi connectivity index (χ1) is 8.26. The lowest BCUT2D eigenvalue weighted by Crippen LogP contribution is -2.27. The Labute approximate surface area is 101 Å². The van der Waals surface area contributed by atoms with Crippen molar-refractivity contribution in [2.24, 2.45) is 5.92 Å². The van der Waals surface area contributed by atoms with Crippen molar-refractivity contribution in [2.45, 2.75) is 18.9 Å². The van der Waals surface area contributed by atoms with Crippen LogP contribution in [0.15, 0.2) is 48.1 Å². The van der Waals surface area contributed by atoms with Crippen molar-refractivity contribution in [3.63, 3.8) is 0 Å². The van der Waals surface area contributed by atoms with E-state index >= 15 is 0 Å². The van der Waals surface area contributed by atoms with Gasteiger partial charge in [-0.05, 0) is 31.1 Å². The number of carbonyl (C=O) groups is 1. The smallest absolute Gasteiger partial charge is 0.152 e. The molecule has 0 saturated heterocycles. The molecule has 0 spiro atoms. The van der Waals surface area contributed by atoms with Crippen molar-refractivity contribution in [1.82, 2.24) is 0 Å². The van der Waals surface area contributed by atoms with Crippen LogP contribution in [0.4, 0.5) is 5.69 Å². The molecule has 0 aromatic heterocycles. The second kappa shape index (κ2) is 3.59. The molecule has 0 radical (unpaired) electrons. The summed E-state index contributed by atoms with van der Waals surface area (Å²) in [6.45, 7) is 2.15. The number of carbonyl (C=O) groups excluding carboxylic acids is 1. The molecule has 2 aliphatic carbocycles. The average Bonchev–Trinajstić information content (AvgIpc) is 3.06. The predicted octanol–water partition coefficient (Wildman–Crippen LogP) is 3.19. The van der Waals surface area contributed by atoms with E-state index in [4.69, 9.17) is 0 Å². The number of hydrogen-bond donors (Lipinski definition) is 1. The predicted molar refractivity (Wildman–Crippen MR) is 69.2 cm³/mol. The number of aldehydes is 1. The largest absolute Gasteiger partial charge is 0.375 e. The summed E-state index contributed by atoms with van der Waals surface area (Å²) in [7, 11) is 0. The first-order valence-corrected chi connectivity index (χ1v) is 5.94. The standard InChI is InChI=1S/C15H15NO/c1-11-5-4-7-13-9-15(11,13)16-14-8-3-2-6-12(14)10-17/h2-8,10,13,16H,9H2,1H3. The SMILES string of the molecule is CC1=CC=CC2CC12Nc1ccccc1C=O. The van der Waals surface area contributed by atoms with Crippen LogP contribution in [0.2, 0.25) is 0 Å². The Morgan fingerprint density at radius 1 is 1.41 bits per heavy atom.